The Hall–Kier alpha value is -1.13. The maximum absolute atomic E-state index is 9.35. The average Bonchev–Trinajstić information content (AvgIpc) is 2.40. The number of rotatable bonds is 2. The molecule has 1 aliphatic rings. The minimum atomic E-state index is 0.174. The molecule has 0 aliphatic carbocycles. The van der Waals surface area contributed by atoms with Crippen LogP contribution in [0.15, 0.2) is 30.3 Å². The molecule has 92 valence electrons. The first-order chi connectivity index (χ1) is 8.31. The number of aliphatic hydroxyl groups is 1. The summed E-state index contributed by atoms with van der Waals surface area (Å²) < 4.78 is 0. The van der Waals surface area contributed by atoms with Gasteiger partial charge in [-0.25, -0.2) is 0 Å². The molecule has 17 heavy (non-hydrogen) atoms. The molecule has 4 heteroatoms. The monoisotopic (exact) mass is 250 g/mol. The van der Waals surface area contributed by atoms with Crippen LogP contribution in [0.1, 0.15) is 19.3 Å². The predicted molar refractivity (Wildman–Crippen MR) is 74.1 cm³/mol. The summed E-state index contributed by atoms with van der Waals surface area (Å²) in [6, 6.07) is 10.1. The van der Waals surface area contributed by atoms with Crippen LogP contribution in [0, 0.1) is 0 Å². The molecule has 1 atom stereocenters. The van der Waals surface area contributed by atoms with Crippen LogP contribution in [-0.2, 0) is 0 Å². The molecule has 1 aromatic carbocycles. The Morgan fingerprint density at radius 3 is 2.82 bits per heavy atom. The molecule has 0 amide bonds. The zero-order valence-corrected chi connectivity index (χ0v) is 10.6. The summed E-state index contributed by atoms with van der Waals surface area (Å²) in [6.07, 6.45) is 3.34. The topological polar surface area (TPSA) is 35.5 Å². The lowest BCUT2D eigenvalue weighted by molar-refractivity contribution is 0.149. The summed E-state index contributed by atoms with van der Waals surface area (Å²) in [6.45, 7) is 1.11. The highest BCUT2D eigenvalue weighted by Gasteiger charge is 2.23. The smallest absolute Gasteiger partial charge is 0.173 e. The molecule has 0 aromatic heterocycles. The number of nitrogens with zero attached hydrogens (tertiary/aromatic N) is 1. The highest BCUT2D eigenvalue weighted by atomic mass is 32.1. The number of para-hydroxylation sites is 1. The number of aliphatic hydroxyl groups excluding tert-OH is 1. The van der Waals surface area contributed by atoms with E-state index in [0.29, 0.717) is 0 Å². The van der Waals surface area contributed by atoms with Crippen LogP contribution >= 0.6 is 12.2 Å². The molecule has 2 rings (SSSR count). The number of benzene rings is 1. The maximum Gasteiger partial charge on any atom is 0.173 e. The largest absolute Gasteiger partial charge is 0.394 e. The van der Waals surface area contributed by atoms with Crippen molar-refractivity contribution in [1.29, 1.82) is 0 Å². The van der Waals surface area contributed by atoms with Crippen molar-refractivity contribution in [3.63, 3.8) is 0 Å². The summed E-state index contributed by atoms with van der Waals surface area (Å²) in [5, 5.41) is 13.3. The molecular formula is C13H18N2OS. The highest BCUT2D eigenvalue weighted by Crippen LogP contribution is 2.18. The van der Waals surface area contributed by atoms with Gasteiger partial charge >= 0.3 is 0 Å². The van der Waals surface area contributed by atoms with Crippen molar-refractivity contribution in [2.45, 2.75) is 25.3 Å². The van der Waals surface area contributed by atoms with E-state index in [9.17, 15) is 5.11 Å². The second-order valence-corrected chi connectivity index (χ2v) is 4.71. The second-order valence-electron chi connectivity index (χ2n) is 4.32. The molecule has 3 nitrogen and oxygen atoms in total. The van der Waals surface area contributed by atoms with Crippen LogP contribution in [0.3, 0.4) is 0 Å². The highest BCUT2D eigenvalue weighted by molar-refractivity contribution is 7.80. The standard InChI is InChI=1S/C13H18N2OS/c16-10-12-8-4-5-9-15(12)13(17)14-11-6-2-1-3-7-11/h1-3,6-7,12,16H,4-5,8-10H2,(H,14,17)/t12-/m0/s1. The molecule has 0 unspecified atom stereocenters. The number of piperidine rings is 1. The Labute approximate surface area is 107 Å². The molecule has 1 aliphatic heterocycles. The van der Waals surface area contributed by atoms with E-state index < -0.39 is 0 Å². The molecule has 2 N–H and O–H groups in total. The van der Waals surface area contributed by atoms with Crippen molar-refractivity contribution in [2.75, 3.05) is 18.5 Å². The van der Waals surface area contributed by atoms with Crippen LogP contribution in [0.5, 0.6) is 0 Å². The van der Waals surface area contributed by atoms with Crippen molar-refractivity contribution in [1.82, 2.24) is 4.90 Å². The van der Waals surface area contributed by atoms with Gasteiger partial charge in [0, 0.05) is 12.2 Å². The van der Waals surface area contributed by atoms with Gasteiger partial charge in [0.05, 0.1) is 12.6 Å². The Balaban J connectivity index is 1.99. The summed E-state index contributed by atoms with van der Waals surface area (Å²) in [5.41, 5.74) is 1.000. The molecule has 1 heterocycles. The summed E-state index contributed by atoms with van der Waals surface area (Å²) >= 11 is 5.40. The van der Waals surface area contributed by atoms with E-state index in [1.807, 2.05) is 30.3 Å². The summed E-state index contributed by atoms with van der Waals surface area (Å²) in [5.74, 6) is 0. The van der Waals surface area contributed by atoms with Gasteiger partial charge in [0.2, 0.25) is 0 Å². The SMILES string of the molecule is OC[C@@H]1CCCCN1C(=S)Nc1ccccc1. The second kappa shape index (κ2) is 5.98. The van der Waals surface area contributed by atoms with Crippen LogP contribution in [0.2, 0.25) is 0 Å². The van der Waals surface area contributed by atoms with Gasteiger partial charge in [-0.2, -0.15) is 0 Å². The van der Waals surface area contributed by atoms with Gasteiger partial charge in [-0.15, -0.1) is 0 Å². The first-order valence-electron chi connectivity index (χ1n) is 6.05. The number of hydrogen-bond donors (Lipinski definition) is 2. The summed E-state index contributed by atoms with van der Waals surface area (Å²) in [4.78, 5) is 2.10. The zero-order valence-electron chi connectivity index (χ0n) is 9.80. The normalized spacial score (nSPS) is 20.1. The molecule has 1 aromatic rings. The number of likely N-dealkylation sites (tertiary alicyclic amines) is 1. The van der Waals surface area contributed by atoms with E-state index in [2.05, 4.69) is 10.2 Å². The fourth-order valence-electron chi connectivity index (χ4n) is 2.17. The first kappa shape index (κ1) is 12.3. The Morgan fingerprint density at radius 2 is 2.12 bits per heavy atom. The first-order valence-corrected chi connectivity index (χ1v) is 6.45. The minimum Gasteiger partial charge on any atom is -0.394 e. The average molecular weight is 250 g/mol. The lowest BCUT2D eigenvalue weighted by Crippen LogP contribution is -2.47. The van der Waals surface area contributed by atoms with Crippen LogP contribution in [0.4, 0.5) is 5.69 Å². The predicted octanol–water partition coefficient (Wildman–Crippen LogP) is 2.23. The zero-order chi connectivity index (χ0) is 12.1. The maximum atomic E-state index is 9.35. The fourth-order valence-corrected chi connectivity index (χ4v) is 2.53. The quantitative estimate of drug-likeness (QED) is 0.789. The van der Waals surface area contributed by atoms with Gasteiger partial charge in [0.25, 0.3) is 0 Å². The van der Waals surface area contributed by atoms with E-state index in [1.165, 1.54) is 6.42 Å². The molecule has 0 radical (unpaired) electrons. The van der Waals surface area contributed by atoms with Crippen LogP contribution in [0.25, 0.3) is 0 Å². The fraction of sp³-hybridized carbons (Fsp3) is 0.462. The van der Waals surface area contributed by atoms with Gasteiger partial charge in [-0.1, -0.05) is 18.2 Å². The van der Waals surface area contributed by atoms with E-state index in [0.717, 1.165) is 30.2 Å². The van der Waals surface area contributed by atoms with Crippen LogP contribution < -0.4 is 5.32 Å². The molecular weight excluding hydrogens is 232 g/mol. The van der Waals surface area contributed by atoms with Crippen molar-refractivity contribution in [3.8, 4) is 0 Å². The van der Waals surface area contributed by atoms with Gasteiger partial charge in [0.1, 0.15) is 0 Å². The van der Waals surface area contributed by atoms with Crippen molar-refractivity contribution < 1.29 is 5.11 Å². The van der Waals surface area contributed by atoms with Gasteiger partial charge in [-0.3, -0.25) is 0 Å². The molecule has 0 spiro atoms. The third-order valence-corrected chi connectivity index (χ3v) is 3.46. The lowest BCUT2D eigenvalue weighted by Gasteiger charge is -2.36. The lowest BCUT2D eigenvalue weighted by atomic mass is 10.0. The van der Waals surface area contributed by atoms with Crippen molar-refractivity contribution in [2.24, 2.45) is 0 Å². The Bertz CT molecular complexity index is 369. The molecule has 0 saturated carbocycles. The van der Waals surface area contributed by atoms with E-state index in [-0.39, 0.29) is 12.6 Å². The molecule has 1 fully saturated rings. The third-order valence-electron chi connectivity index (χ3n) is 3.12. The van der Waals surface area contributed by atoms with E-state index >= 15 is 0 Å². The number of nitrogens with one attached hydrogen (secondary N) is 1. The Kier molecular flexibility index (Phi) is 4.34. The summed E-state index contributed by atoms with van der Waals surface area (Å²) in [7, 11) is 0. The van der Waals surface area contributed by atoms with Crippen molar-refractivity contribution >= 4 is 23.0 Å². The van der Waals surface area contributed by atoms with Gasteiger partial charge in [-0.05, 0) is 43.6 Å². The number of thiocarbonyl (C=S) groups is 1. The van der Waals surface area contributed by atoms with E-state index in [4.69, 9.17) is 12.2 Å². The van der Waals surface area contributed by atoms with Crippen molar-refractivity contribution in [3.05, 3.63) is 30.3 Å². The Morgan fingerprint density at radius 1 is 1.35 bits per heavy atom. The molecule has 0 bridgehead atoms. The van der Waals surface area contributed by atoms with Gasteiger partial charge < -0.3 is 15.3 Å². The number of anilines is 1. The minimum absolute atomic E-state index is 0.174. The third kappa shape index (κ3) is 3.17. The van der Waals surface area contributed by atoms with Gasteiger partial charge in [0.15, 0.2) is 5.11 Å². The molecule has 1 saturated heterocycles. The van der Waals surface area contributed by atoms with Crippen LogP contribution in [-0.4, -0.2) is 34.3 Å². The number of hydrogen-bond acceptors (Lipinski definition) is 2. The van der Waals surface area contributed by atoms with E-state index in [1.54, 1.807) is 0 Å².